The highest BCUT2D eigenvalue weighted by Crippen LogP contribution is 2.13. The van der Waals surface area contributed by atoms with Crippen LogP contribution in [0.2, 0.25) is 0 Å². The van der Waals surface area contributed by atoms with Crippen molar-refractivity contribution in [3.8, 4) is 6.07 Å². The molecule has 0 amide bonds. The molecule has 0 aliphatic rings. The number of rotatable bonds is 6. The van der Waals surface area contributed by atoms with Crippen LogP contribution in [0.25, 0.3) is 0 Å². The summed E-state index contributed by atoms with van der Waals surface area (Å²) in [6.07, 6.45) is 0. The molecule has 5 heteroatoms. The minimum atomic E-state index is -0.436. The zero-order valence-electron chi connectivity index (χ0n) is 11.1. The Morgan fingerprint density at radius 1 is 1.47 bits per heavy atom. The third-order valence-electron chi connectivity index (χ3n) is 2.69. The zero-order chi connectivity index (χ0) is 14.3. The van der Waals surface area contributed by atoms with E-state index in [1.54, 1.807) is 13.0 Å². The third-order valence-corrected chi connectivity index (χ3v) is 2.69. The summed E-state index contributed by atoms with van der Waals surface area (Å²) in [4.78, 5) is 13.3. The highest BCUT2D eigenvalue weighted by molar-refractivity contribution is 5.71. The number of carbonyl (C=O) groups is 1. The lowest BCUT2D eigenvalue weighted by molar-refractivity contribution is -0.144. The summed E-state index contributed by atoms with van der Waals surface area (Å²) in [6.45, 7) is 5.22. The highest BCUT2D eigenvalue weighted by Gasteiger charge is 2.12. The fraction of sp³-hybridized carbons (Fsp3) is 0.429. The summed E-state index contributed by atoms with van der Waals surface area (Å²) < 4.78 is 17.9. The minimum absolute atomic E-state index is 0.159. The van der Waals surface area contributed by atoms with Gasteiger partial charge >= 0.3 is 5.97 Å². The Morgan fingerprint density at radius 3 is 2.79 bits per heavy atom. The van der Waals surface area contributed by atoms with Gasteiger partial charge in [-0.3, -0.25) is 9.69 Å². The molecule has 4 nitrogen and oxygen atoms in total. The van der Waals surface area contributed by atoms with E-state index in [-0.39, 0.29) is 12.5 Å². The van der Waals surface area contributed by atoms with Crippen molar-refractivity contribution in [2.75, 3.05) is 19.7 Å². The monoisotopic (exact) mass is 264 g/mol. The molecule has 1 aromatic rings. The van der Waals surface area contributed by atoms with Crippen LogP contribution < -0.4 is 0 Å². The molecule has 102 valence electrons. The molecule has 0 aliphatic heterocycles. The van der Waals surface area contributed by atoms with Crippen molar-refractivity contribution >= 4 is 5.97 Å². The molecule has 1 aromatic carbocycles. The Labute approximate surface area is 112 Å². The minimum Gasteiger partial charge on any atom is -0.465 e. The van der Waals surface area contributed by atoms with Gasteiger partial charge in [0.1, 0.15) is 5.82 Å². The fourth-order valence-electron chi connectivity index (χ4n) is 1.70. The number of benzene rings is 1. The third kappa shape index (κ3) is 4.68. The van der Waals surface area contributed by atoms with Gasteiger partial charge in [0.15, 0.2) is 0 Å². The molecule has 0 unspecified atom stereocenters. The van der Waals surface area contributed by atoms with Gasteiger partial charge in [-0.05, 0) is 31.2 Å². The van der Waals surface area contributed by atoms with Gasteiger partial charge in [-0.2, -0.15) is 5.26 Å². The fourth-order valence-corrected chi connectivity index (χ4v) is 1.70. The molecular formula is C14H17FN2O2. The number of nitrogens with zero attached hydrogens (tertiary/aromatic N) is 2. The first-order valence-corrected chi connectivity index (χ1v) is 6.17. The number of nitriles is 1. The molecule has 0 radical (unpaired) electrons. The van der Waals surface area contributed by atoms with Crippen molar-refractivity contribution in [3.63, 3.8) is 0 Å². The Kier molecular flexibility index (Phi) is 5.97. The first-order valence-electron chi connectivity index (χ1n) is 6.17. The van der Waals surface area contributed by atoms with E-state index >= 15 is 0 Å². The summed E-state index contributed by atoms with van der Waals surface area (Å²) in [5, 5.41) is 8.97. The maximum Gasteiger partial charge on any atom is 0.320 e. The number of hydrogen-bond acceptors (Lipinski definition) is 4. The van der Waals surface area contributed by atoms with Crippen molar-refractivity contribution in [2.45, 2.75) is 20.4 Å². The maximum atomic E-state index is 13.0. The lowest BCUT2D eigenvalue weighted by atomic mass is 10.1. The van der Waals surface area contributed by atoms with E-state index in [0.29, 0.717) is 30.8 Å². The van der Waals surface area contributed by atoms with Gasteiger partial charge in [-0.15, -0.1) is 0 Å². The van der Waals surface area contributed by atoms with Gasteiger partial charge in [0.25, 0.3) is 0 Å². The van der Waals surface area contributed by atoms with E-state index < -0.39 is 5.82 Å². The topological polar surface area (TPSA) is 53.3 Å². The molecule has 0 atom stereocenters. The lowest BCUT2D eigenvalue weighted by Gasteiger charge is -2.19. The second-order valence-electron chi connectivity index (χ2n) is 4.02. The molecule has 0 aromatic heterocycles. The average molecular weight is 264 g/mol. The summed E-state index contributed by atoms with van der Waals surface area (Å²) in [5.74, 6) is -0.737. The molecule has 0 saturated carbocycles. The molecule has 0 aliphatic carbocycles. The van der Waals surface area contributed by atoms with Gasteiger partial charge in [0.05, 0.1) is 24.8 Å². The molecule has 0 fully saturated rings. The van der Waals surface area contributed by atoms with Crippen LogP contribution in [0, 0.1) is 17.1 Å². The molecular weight excluding hydrogens is 247 g/mol. The molecule has 0 heterocycles. The second kappa shape index (κ2) is 7.49. The lowest BCUT2D eigenvalue weighted by Crippen LogP contribution is -2.30. The molecule has 0 spiro atoms. The van der Waals surface area contributed by atoms with Crippen LogP contribution in [-0.2, 0) is 16.1 Å². The van der Waals surface area contributed by atoms with Crippen molar-refractivity contribution in [2.24, 2.45) is 0 Å². The Morgan fingerprint density at radius 2 is 2.21 bits per heavy atom. The Balaban J connectivity index is 2.76. The highest BCUT2D eigenvalue weighted by atomic mass is 19.1. The standard InChI is InChI=1S/C14H17FN2O2/c1-3-17(10-14(18)19-4-2)9-11-5-6-13(15)7-12(11)8-16/h5-7H,3-4,9-10H2,1-2H3. The first kappa shape index (κ1) is 15.1. The van der Waals surface area contributed by atoms with Gasteiger partial charge in [0.2, 0.25) is 0 Å². The van der Waals surface area contributed by atoms with E-state index in [4.69, 9.17) is 10.00 Å². The molecule has 0 bridgehead atoms. The van der Waals surface area contributed by atoms with Crippen LogP contribution in [0.5, 0.6) is 0 Å². The molecule has 0 N–H and O–H groups in total. The number of carbonyl (C=O) groups excluding carboxylic acids is 1. The van der Waals surface area contributed by atoms with Gasteiger partial charge in [-0.25, -0.2) is 4.39 Å². The first-order chi connectivity index (χ1) is 9.10. The van der Waals surface area contributed by atoms with E-state index in [2.05, 4.69) is 0 Å². The van der Waals surface area contributed by atoms with Crippen LogP contribution in [0.1, 0.15) is 25.0 Å². The summed E-state index contributed by atoms with van der Waals surface area (Å²) in [5.41, 5.74) is 0.998. The van der Waals surface area contributed by atoms with Crippen LogP contribution in [0.4, 0.5) is 4.39 Å². The van der Waals surface area contributed by atoms with Crippen LogP contribution in [-0.4, -0.2) is 30.6 Å². The van der Waals surface area contributed by atoms with E-state index in [9.17, 15) is 9.18 Å². The smallest absolute Gasteiger partial charge is 0.320 e. The van der Waals surface area contributed by atoms with Crippen molar-refractivity contribution in [1.29, 1.82) is 5.26 Å². The van der Waals surface area contributed by atoms with Crippen LogP contribution in [0.15, 0.2) is 18.2 Å². The molecule has 1 rings (SSSR count). The zero-order valence-corrected chi connectivity index (χ0v) is 11.1. The molecule has 19 heavy (non-hydrogen) atoms. The number of esters is 1. The normalized spacial score (nSPS) is 10.3. The van der Waals surface area contributed by atoms with Gasteiger partial charge < -0.3 is 4.74 Å². The summed E-state index contributed by atoms with van der Waals surface area (Å²) in [7, 11) is 0. The van der Waals surface area contributed by atoms with Gasteiger partial charge in [0, 0.05) is 6.54 Å². The van der Waals surface area contributed by atoms with Crippen molar-refractivity contribution < 1.29 is 13.9 Å². The van der Waals surface area contributed by atoms with Crippen molar-refractivity contribution in [1.82, 2.24) is 4.90 Å². The SMILES string of the molecule is CCOC(=O)CN(CC)Cc1ccc(F)cc1C#N. The Bertz CT molecular complexity index is 483. The maximum absolute atomic E-state index is 13.0. The van der Waals surface area contributed by atoms with E-state index in [1.807, 2.05) is 17.9 Å². The van der Waals surface area contributed by atoms with E-state index in [1.165, 1.54) is 12.1 Å². The van der Waals surface area contributed by atoms with Crippen LogP contribution >= 0.6 is 0 Å². The van der Waals surface area contributed by atoms with Crippen molar-refractivity contribution in [3.05, 3.63) is 35.1 Å². The summed E-state index contributed by atoms with van der Waals surface area (Å²) >= 11 is 0. The number of ether oxygens (including phenoxy) is 1. The summed E-state index contributed by atoms with van der Waals surface area (Å²) in [6, 6.07) is 6.05. The second-order valence-corrected chi connectivity index (χ2v) is 4.02. The van der Waals surface area contributed by atoms with Crippen LogP contribution in [0.3, 0.4) is 0 Å². The Hall–Kier alpha value is -1.93. The predicted octanol–water partition coefficient (Wildman–Crippen LogP) is 2.08. The average Bonchev–Trinajstić information content (AvgIpc) is 2.40. The number of likely N-dealkylation sites (N-methyl/N-ethyl adjacent to an activating group) is 1. The number of halogens is 1. The van der Waals surface area contributed by atoms with Gasteiger partial charge in [-0.1, -0.05) is 13.0 Å². The largest absolute Gasteiger partial charge is 0.465 e. The van der Waals surface area contributed by atoms with E-state index in [0.717, 1.165) is 0 Å². The molecule has 0 saturated heterocycles. The number of hydrogen-bond donors (Lipinski definition) is 0. The predicted molar refractivity (Wildman–Crippen MR) is 68.7 cm³/mol. The quantitative estimate of drug-likeness (QED) is 0.738.